The molecule has 3 N–H and O–H groups in total. The van der Waals surface area contributed by atoms with Crippen LogP contribution in [0.15, 0.2) is 0 Å². The van der Waals surface area contributed by atoms with Crippen LogP contribution in [0.1, 0.15) is 27.2 Å². The van der Waals surface area contributed by atoms with Gasteiger partial charge in [-0.2, -0.15) is 0 Å². The molecular weight excluding hydrogens is 314 g/mol. The second-order valence-corrected chi connectivity index (χ2v) is 7.06. The number of sulfonamides is 1. The molecule has 0 rings (SSSR count). The molecule has 10 heteroatoms. The van der Waals surface area contributed by atoms with Crippen molar-refractivity contribution in [3.8, 4) is 0 Å². The minimum atomic E-state index is -3.79. The highest BCUT2D eigenvalue weighted by Crippen LogP contribution is 2.01. The molecule has 1 unspecified atom stereocenters. The van der Waals surface area contributed by atoms with Crippen molar-refractivity contribution < 1.29 is 27.9 Å². The van der Waals surface area contributed by atoms with Crippen molar-refractivity contribution in [2.24, 2.45) is 0 Å². The van der Waals surface area contributed by atoms with Crippen molar-refractivity contribution in [2.75, 3.05) is 19.3 Å². The number of carbonyl (C=O) groups is 3. The molecule has 0 heterocycles. The van der Waals surface area contributed by atoms with Crippen molar-refractivity contribution in [1.29, 1.82) is 0 Å². The summed E-state index contributed by atoms with van der Waals surface area (Å²) in [5.41, 5.74) is 0. The number of carboxylic acids is 1. The average Bonchev–Trinajstić information content (AvgIpc) is 2.40. The second-order valence-electron chi connectivity index (χ2n) is 5.13. The van der Waals surface area contributed by atoms with Gasteiger partial charge in [0.05, 0.1) is 12.3 Å². The standard InChI is InChI=1S/C12H23N3O6S/c1-8(2)14-10(16)7-13-22(20,21)6-5-11(17)15(4)9(3)12(18)19/h8-9,13H,5-7H2,1-4H3,(H,14,16)(H,18,19). The van der Waals surface area contributed by atoms with Crippen LogP contribution in [0.2, 0.25) is 0 Å². The number of hydrogen-bond acceptors (Lipinski definition) is 5. The number of rotatable bonds is 9. The fourth-order valence-corrected chi connectivity index (χ4v) is 2.34. The first-order valence-corrected chi connectivity index (χ1v) is 8.36. The van der Waals surface area contributed by atoms with E-state index in [1.807, 2.05) is 0 Å². The number of hydrogen-bond donors (Lipinski definition) is 3. The molecule has 0 aromatic rings. The summed E-state index contributed by atoms with van der Waals surface area (Å²) in [5.74, 6) is -2.77. The topological polar surface area (TPSA) is 133 Å². The summed E-state index contributed by atoms with van der Waals surface area (Å²) >= 11 is 0. The summed E-state index contributed by atoms with van der Waals surface area (Å²) in [6.07, 6.45) is -0.366. The molecule has 0 fully saturated rings. The van der Waals surface area contributed by atoms with E-state index in [9.17, 15) is 22.8 Å². The van der Waals surface area contributed by atoms with Crippen LogP contribution in [-0.2, 0) is 24.4 Å². The Morgan fingerprint density at radius 1 is 1.18 bits per heavy atom. The van der Waals surface area contributed by atoms with Gasteiger partial charge in [0.15, 0.2) is 0 Å². The zero-order valence-electron chi connectivity index (χ0n) is 13.1. The van der Waals surface area contributed by atoms with Crippen molar-refractivity contribution in [1.82, 2.24) is 14.9 Å². The van der Waals surface area contributed by atoms with Gasteiger partial charge in [0.2, 0.25) is 21.8 Å². The van der Waals surface area contributed by atoms with Crippen molar-refractivity contribution in [3.63, 3.8) is 0 Å². The Morgan fingerprint density at radius 3 is 2.18 bits per heavy atom. The Kier molecular flexibility index (Phi) is 8.02. The SMILES string of the molecule is CC(C)NC(=O)CNS(=O)(=O)CCC(=O)N(C)C(C)C(=O)O. The summed E-state index contributed by atoms with van der Waals surface area (Å²) < 4.78 is 25.4. The van der Waals surface area contributed by atoms with E-state index in [0.29, 0.717) is 0 Å². The quantitative estimate of drug-likeness (QED) is 0.481. The minimum Gasteiger partial charge on any atom is -0.480 e. The molecule has 1 atom stereocenters. The highest BCUT2D eigenvalue weighted by molar-refractivity contribution is 7.89. The third-order valence-corrected chi connectivity index (χ3v) is 4.14. The maximum Gasteiger partial charge on any atom is 0.326 e. The van der Waals surface area contributed by atoms with Gasteiger partial charge in [-0.15, -0.1) is 0 Å². The third kappa shape index (κ3) is 7.93. The lowest BCUT2D eigenvalue weighted by molar-refractivity contribution is -0.148. The molecule has 0 aliphatic heterocycles. The molecule has 0 aliphatic carbocycles. The number of amides is 2. The van der Waals surface area contributed by atoms with Crippen molar-refractivity contribution in [3.05, 3.63) is 0 Å². The van der Waals surface area contributed by atoms with Crippen LogP contribution in [-0.4, -0.2) is 67.6 Å². The largest absolute Gasteiger partial charge is 0.480 e. The molecule has 22 heavy (non-hydrogen) atoms. The van der Waals surface area contributed by atoms with Crippen LogP contribution in [0.4, 0.5) is 0 Å². The smallest absolute Gasteiger partial charge is 0.326 e. The lowest BCUT2D eigenvalue weighted by Crippen LogP contribution is -2.43. The first-order valence-electron chi connectivity index (χ1n) is 6.71. The van der Waals surface area contributed by atoms with Gasteiger partial charge < -0.3 is 15.3 Å². The Hall–Kier alpha value is -1.68. The second kappa shape index (κ2) is 8.69. The van der Waals surface area contributed by atoms with Crippen LogP contribution in [0, 0.1) is 0 Å². The molecule has 0 radical (unpaired) electrons. The zero-order valence-corrected chi connectivity index (χ0v) is 13.9. The summed E-state index contributed by atoms with van der Waals surface area (Å²) in [5, 5.41) is 11.3. The fourth-order valence-electron chi connectivity index (χ4n) is 1.40. The molecule has 0 saturated heterocycles. The van der Waals surface area contributed by atoms with Gasteiger partial charge in [-0.1, -0.05) is 0 Å². The number of carboxylic acid groups (broad SMARTS) is 1. The van der Waals surface area contributed by atoms with Crippen LogP contribution >= 0.6 is 0 Å². The maximum atomic E-state index is 11.7. The van der Waals surface area contributed by atoms with E-state index < -0.39 is 46.1 Å². The lowest BCUT2D eigenvalue weighted by Gasteiger charge is -2.21. The van der Waals surface area contributed by atoms with E-state index in [4.69, 9.17) is 5.11 Å². The molecular formula is C12H23N3O6S. The summed E-state index contributed by atoms with van der Waals surface area (Å²) in [4.78, 5) is 34.7. The normalized spacial score (nSPS) is 12.8. The van der Waals surface area contributed by atoms with Gasteiger partial charge in [0.1, 0.15) is 6.04 Å². The molecule has 0 aliphatic rings. The van der Waals surface area contributed by atoms with E-state index in [0.717, 1.165) is 4.90 Å². The van der Waals surface area contributed by atoms with E-state index in [-0.39, 0.29) is 12.5 Å². The van der Waals surface area contributed by atoms with Crippen molar-refractivity contribution in [2.45, 2.75) is 39.3 Å². The Morgan fingerprint density at radius 2 is 1.73 bits per heavy atom. The monoisotopic (exact) mass is 337 g/mol. The number of carbonyl (C=O) groups excluding carboxylic acids is 2. The summed E-state index contributed by atoms with van der Waals surface area (Å²) in [6.45, 7) is 4.40. The van der Waals surface area contributed by atoms with E-state index >= 15 is 0 Å². The predicted molar refractivity (Wildman–Crippen MR) is 79.6 cm³/mol. The fraction of sp³-hybridized carbons (Fsp3) is 0.750. The maximum absolute atomic E-state index is 11.7. The Bertz CT molecular complexity index is 517. The van der Waals surface area contributed by atoms with Crippen LogP contribution in [0.3, 0.4) is 0 Å². The molecule has 128 valence electrons. The number of nitrogens with zero attached hydrogens (tertiary/aromatic N) is 1. The van der Waals surface area contributed by atoms with E-state index in [2.05, 4.69) is 10.0 Å². The van der Waals surface area contributed by atoms with Gasteiger partial charge >= 0.3 is 5.97 Å². The number of aliphatic carboxylic acids is 1. The summed E-state index contributed by atoms with van der Waals surface area (Å²) in [6, 6.07) is -1.15. The Labute approximate surface area is 130 Å². The predicted octanol–water partition coefficient (Wildman–Crippen LogP) is -1.25. The zero-order chi connectivity index (χ0) is 17.5. The Balaban J connectivity index is 4.35. The van der Waals surface area contributed by atoms with Gasteiger partial charge in [0.25, 0.3) is 0 Å². The molecule has 0 bridgehead atoms. The van der Waals surface area contributed by atoms with E-state index in [1.165, 1.54) is 14.0 Å². The molecule has 9 nitrogen and oxygen atoms in total. The van der Waals surface area contributed by atoms with Crippen LogP contribution in [0.5, 0.6) is 0 Å². The van der Waals surface area contributed by atoms with Crippen molar-refractivity contribution >= 4 is 27.8 Å². The van der Waals surface area contributed by atoms with Gasteiger partial charge in [-0.3, -0.25) is 9.59 Å². The first kappa shape index (κ1) is 20.3. The highest BCUT2D eigenvalue weighted by atomic mass is 32.2. The van der Waals surface area contributed by atoms with Gasteiger partial charge in [-0.25, -0.2) is 17.9 Å². The molecule has 0 saturated carbocycles. The van der Waals surface area contributed by atoms with Gasteiger partial charge in [0, 0.05) is 19.5 Å². The lowest BCUT2D eigenvalue weighted by atomic mass is 10.3. The molecule has 0 aromatic carbocycles. The van der Waals surface area contributed by atoms with E-state index in [1.54, 1.807) is 13.8 Å². The van der Waals surface area contributed by atoms with Crippen LogP contribution in [0.25, 0.3) is 0 Å². The average molecular weight is 337 g/mol. The minimum absolute atomic E-state index is 0.107. The van der Waals surface area contributed by atoms with Gasteiger partial charge in [-0.05, 0) is 20.8 Å². The highest BCUT2D eigenvalue weighted by Gasteiger charge is 2.23. The number of nitrogens with one attached hydrogen (secondary N) is 2. The van der Waals surface area contributed by atoms with Crippen LogP contribution < -0.4 is 10.0 Å². The third-order valence-electron chi connectivity index (χ3n) is 2.82. The first-order chi connectivity index (χ1) is 9.96. The molecule has 2 amide bonds. The summed E-state index contributed by atoms with van der Waals surface area (Å²) in [7, 11) is -2.50. The number of likely N-dealkylation sites (N-methyl/N-ethyl adjacent to an activating group) is 1. The molecule has 0 spiro atoms. The molecule has 0 aromatic heterocycles.